The molecule has 0 unspecified atom stereocenters. The number of nitrogens with zero attached hydrogens (tertiary/aromatic N) is 4. The lowest BCUT2D eigenvalue weighted by molar-refractivity contribution is -0.130. The van der Waals surface area contributed by atoms with Crippen LogP contribution in [0.3, 0.4) is 0 Å². The van der Waals surface area contributed by atoms with Gasteiger partial charge in [0.1, 0.15) is 11.6 Å². The van der Waals surface area contributed by atoms with Crippen LogP contribution >= 0.6 is 0 Å². The van der Waals surface area contributed by atoms with Crippen molar-refractivity contribution in [1.29, 1.82) is 5.26 Å². The highest BCUT2D eigenvalue weighted by Crippen LogP contribution is 2.08. The highest BCUT2D eigenvalue weighted by Gasteiger charge is 2.20. The molecule has 0 saturated carbocycles. The summed E-state index contributed by atoms with van der Waals surface area (Å²) in [4.78, 5) is 28.8. The Morgan fingerprint density at radius 2 is 1.73 bits per heavy atom. The van der Waals surface area contributed by atoms with Gasteiger partial charge in [0.25, 0.3) is 5.91 Å². The van der Waals surface area contributed by atoms with E-state index in [0.717, 1.165) is 0 Å². The Labute approximate surface area is 131 Å². The van der Waals surface area contributed by atoms with Crippen molar-refractivity contribution in [2.24, 2.45) is 0 Å². The average Bonchev–Trinajstić information content (AvgIpc) is 2.52. The van der Waals surface area contributed by atoms with E-state index in [1.54, 1.807) is 23.3 Å². The fourth-order valence-corrected chi connectivity index (χ4v) is 2.20. The number of rotatable bonds is 6. The fourth-order valence-electron chi connectivity index (χ4n) is 2.20. The zero-order chi connectivity index (χ0) is 16.5. The van der Waals surface area contributed by atoms with E-state index in [2.05, 4.69) is 13.2 Å². The molecular weight excluding hydrogens is 280 g/mol. The molecule has 0 N–H and O–H groups in total. The van der Waals surface area contributed by atoms with E-state index in [-0.39, 0.29) is 17.4 Å². The van der Waals surface area contributed by atoms with Gasteiger partial charge in [-0.3, -0.25) is 9.59 Å². The number of carbonyl (C=O) groups is 2. The third-order valence-electron chi connectivity index (χ3n) is 3.41. The van der Waals surface area contributed by atoms with Gasteiger partial charge in [-0.2, -0.15) is 5.26 Å². The minimum atomic E-state index is -0.337. The molecule has 0 radical (unpaired) electrons. The quantitative estimate of drug-likeness (QED) is 0.413. The molecule has 6 heteroatoms. The topological polar surface area (TPSA) is 67.7 Å². The molecule has 1 heterocycles. The molecule has 6 nitrogen and oxygen atoms in total. The van der Waals surface area contributed by atoms with E-state index < -0.39 is 0 Å². The van der Waals surface area contributed by atoms with Crippen LogP contribution in [0.4, 0.5) is 0 Å². The molecule has 1 fully saturated rings. The molecule has 1 aliphatic heterocycles. The van der Waals surface area contributed by atoms with Crippen LogP contribution in [0, 0.1) is 11.3 Å². The second-order valence-electron chi connectivity index (χ2n) is 4.98. The first-order valence-corrected chi connectivity index (χ1v) is 7.16. The minimum Gasteiger partial charge on any atom is -0.373 e. The maximum atomic E-state index is 12.3. The van der Waals surface area contributed by atoms with Crippen LogP contribution in [0.1, 0.15) is 6.92 Å². The molecule has 0 aromatic heterocycles. The average molecular weight is 302 g/mol. The normalized spacial score (nSPS) is 15.0. The highest BCUT2D eigenvalue weighted by molar-refractivity contribution is 5.97. The molecular formula is C16H22N4O2. The monoisotopic (exact) mass is 302 g/mol. The summed E-state index contributed by atoms with van der Waals surface area (Å²) in [5, 5.41) is 9.24. The lowest BCUT2D eigenvalue weighted by Gasteiger charge is -2.33. The number of carbonyl (C=O) groups excluding carboxylic acids is 2. The molecule has 22 heavy (non-hydrogen) atoms. The van der Waals surface area contributed by atoms with Crippen LogP contribution in [-0.2, 0) is 9.59 Å². The summed E-state index contributed by atoms with van der Waals surface area (Å²) < 4.78 is 0. The maximum Gasteiger partial charge on any atom is 0.266 e. The highest BCUT2D eigenvalue weighted by atomic mass is 16.2. The Kier molecular flexibility index (Phi) is 6.90. The van der Waals surface area contributed by atoms with Gasteiger partial charge in [-0.05, 0) is 0 Å². The van der Waals surface area contributed by atoms with Crippen LogP contribution in [0.25, 0.3) is 0 Å². The van der Waals surface area contributed by atoms with E-state index >= 15 is 0 Å². The van der Waals surface area contributed by atoms with Gasteiger partial charge in [0, 0.05) is 52.4 Å². The number of amides is 2. The van der Waals surface area contributed by atoms with Crippen LogP contribution in [-0.4, -0.2) is 65.8 Å². The van der Waals surface area contributed by atoms with Gasteiger partial charge in [-0.15, -0.1) is 13.2 Å². The third-order valence-corrected chi connectivity index (χ3v) is 3.41. The van der Waals surface area contributed by atoms with Crippen molar-refractivity contribution in [2.75, 3.05) is 39.3 Å². The van der Waals surface area contributed by atoms with Crippen molar-refractivity contribution in [1.82, 2.24) is 14.7 Å². The number of hydrogen-bond donors (Lipinski definition) is 0. The van der Waals surface area contributed by atoms with Crippen molar-refractivity contribution in [3.8, 4) is 6.07 Å². The lowest BCUT2D eigenvalue weighted by Crippen LogP contribution is -2.46. The minimum absolute atomic E-state index is 0.0448. The van der Waals surface area contributed by atoms with Crippen LogP contribution in [0.5, 0.6) is 0 Å². The predicted octanol–water partition coefficient (Wildman–Crippen LogP) is 0.759. The molecule has 2 amide bonds. The summed E-state index contributed by atoms with van der Waals surface area (Å²) >= 11 is 0. The first-order chi connectivity index (χ1) is 10.5. The summed E-state index contributed by atoms with van der Waals surface area (Å²) in [6.07, 6.45) is 4.81. The van der Waals surface area contributed by atoms with E-state index in [0.29, 0.717) is 39.3 Å². The Hall–Kier alpha value is -2.55. The van der Waals surface area contributed by atoms with E-state index in [9.17, 15) is 14.9 Å². The molecule has 0 atom stereocenters. The van der Waals surface area contributed by atoms with Gasteiger partial charge in [-0.25, -0.2) is 0 Å². The molecule has 0 spiro atoms. The van der Waals surface area contributed by atoms with Crippen molar-refractivity contribution < 1.29 is 9.59 Å². The van der Waals surface area contributed by atoms with Gasteiger partial charge in [-0.1, -0.05) is 12.2 Å². The SMILES string of the molecule is C=CCN(CC=C)C(=O)/C(C#N)=C\N1CCN(C(C)=O)CC1. The Balaban J connectivity index is 2.76. The Bertz CT molecular complexity index is 501. The summed E-state index contributed by atoms with van der Waals surface area (Å²) in [5.74, 6) is -0.292. The first-order valence-electron chi connectivity index (χ1n) is 7.16. The number of hydrogen-bond acceptors (Lipinski definition) is 4. The molecule has 1 rings (SSSR count). The lowest BCUT2D eigenvalue weighted by atomic mass is 10.2. The Morgan fingerprint density at radius 1 is 1.18 bits per heavy atom. The molecule has 0 aromatic rings. The standard InChI is InChI=1S/C16H22N4O2/c1-4-6-20(7-5-2)16(22)15(12-17)13-18-8-10-19(11-9-18)14(3)21/h4-5,13H,1-2,6-11H2,3H3/b15-13-. The molecule has 1 saturated heterocycles. The fraction of sp³-hybridized carbons (Fsp3) is 0.438. The van der Waals surface area contributed by atoms with Gasteiger partial charge in [0.05, 0.1) is 0 Å². The van der Waals surface area contributed by atoms with Crippen LogP contribution in [0.15, 0.2) is 37.1 Å². The first kappa shape index (κ1) is 17.5. The molecule has 118 valence electrons. The summed E-state index contributed by atoms with van der Waals surface area (Å²) in [6, 6.07) is 1.96. The molecule has 0 bridgehead atoms. The Morgan fingerprint density at radius 3 is 2.14 bits per heavy atom. The van der Waals surface area contributed by atoms with Gasteiger partial charge in [0.2, 0.25) is 5.91 Å². The van der Waals surface area contributed by atoms with E-state index in [1.165, 1.54) is 11.8 Å². The zero-order valence-electron chi connectivity index (χ0n) is 13.0. The zero-order valence-corrected chi connectivity index (χ0v) is 13.0. The van der Waals surface area contributed by atoms with Crippen molar-refractivity contribution >= 4 is 11.8 Å². The second-order valence-corrected chi connectivity index (χ2v) is 4.98. The summed E-state index contributed by atoms with van der Waals surface area (Å²) in [6.45, 7) is 11.9. The third kappa shape index (κ3) is 4.77. The molecule has 0 aliphatic carbocycles. The predicted molar refractivity (Wildman–Crippen MR) is 84.5 cm³/mol. The second kappa shape index (κ2) is 8.67. The van der Waals surface area contributed by atoms with E-state index in [1.807, 2.05) is 11.0 Å². The smallest absolute Gasteiger partial charge is 0.266 e. The molecule has 0 aromatic carbocycles. The van der Waals surface area contributed by atoms with Gasteiger partial charge >= 0.3 is 0 Å². The van der Waals surface area contributed by atoms with Crippen LogP contribution in [0.2, 0.25) is 0 Å². The maximum absolute atomic E-state index is 12.3. The van der Waals surface area contributed by atoms with Crippen molar-refractivity contribution in [3.05, 3.63) is 37.1 Å². The number of nitriles is 1. The largest absolute Gasteiger partial charge is 0.373 e. The van der Waals surface area contributed by atoms with Gasteiger partial charge < -0.3 is 14.7 Å². The summed E-state index contributed by atoms with van der Waals surface area (Å²) in [7, 11) is 0. The summed E-state index contributed by atoms with van der Waals surface area (Å²) in [5.41, 5.74) is 0.0833. The molecule has 1 aliphatic rings. The van der Waals surface area contributed by atoms with Crippen molar-refractivity contribution in [2.45, 2.75) is 6.92 Å². The van der Waals surface area contributed by atoms with E-state index in [4.69, 9.17) is 0 Å². The number of piperazine rings is 1. The van der Waals surface area contributed by atoms with Gasteiger partial charge in [0.15, 0.2) is 0 Å². The van der Waals surface area contributed by atoms with Crippen molar-refractivity contribution in [3.63, 3.8) is 0 Å². The van der Waals surface area contributed by atoms with Crippen LogP contribution < -0.4 is 0 Å².